The van der Waals surface area contributed by atoms with Gasteiger partial charge in [0.15, 0.2) is 0 Å². The molecule has 0 fully saturated rings. The molecule has 1 aromatic carbocycles. The Morgan fingerprint density at radius 1 is 1.23 bits per heavy atom. The van der Waals surface area contributed by atoms with Crippen molar-refractivity contribution in [2.45, 2.75) is 20.3 Å². The molecule has 0 aliphatic rings. The first-order valence-electron chi connectivity index (χ1n) is 8.25. The zero-order valence-corrected chi connectivity index (χ0v) is 15.4. The van der Waals surface area contributed by atoms with E-state index in [0.717, 1.165) is 4.88 Å². The lowest BCUT2D eigenvalue weighted by molar-refractivity contribution is -0.115. The van der Waals surface area contributed by atoms with Gasteiger partial charge in [0.2, 0.25) is 11.8 Å². The van der Waals surface area contributed by atoms with E-state index in [4.69, 9.17) is 4.42 Å². The van der Waals surface area contributed by atoms with E-state index in [0.29, 0.717) is 35.1 Å². The van der Waals surface area contributed by atoms with E-state index < -0.39 is 0 Å². The molecular weight excluding hydrogens is 350 g/mol. The molecule has 6 nitrogen and oxygen atoms in total. The number of hydrogen-bond acceptors (Lipinski definition) is 5. The largest absolute Gasteiger partial charge is 0.440 e. The van der Waals surface area contributed by atoms with Gasteiger partial charge in [-0.1, -0.05) is 12.1 Å². The topological polar surface area (TPSA) is 84.2 Å². The van der Waals surface area contributed by atoms with Gasteiger partial charge in [0.25, 0.3) is 5.91 Å². The lowest BCUT2D eigenvalue weighted by atomic mass is 10.2. The molecule has 0 aliphatic carbocycles. The molecule has 0 radical (unpaired) electrons. The van der Waals surface area contributed by atoms with Gasteiger partial charge in [-0.2, -0.15) is 0 Å². The SMILES string of the molecule is CCNC(=O)c1cccc(NC(=O)Cc2nc(-c3cccs3)oc2C)c1. The summed E-state index contributed by atoms with van der Waals surface area (Å²) in [5.41, 5.74) is 1.67. The zero-order chi connectivity index (χ0) is 18.5. The molecule has 26 heavy (non-hydrogen) atoms. The van der Waals surface area contributed by atoms with E-state index in [1.54, 1.807) is 31.2 Å². The minimum absolute atomic E-state index is 0.103. The highest BCUT2D eigenvalue weighted by Gasteiger charge is 2.15. The van der Waals surface area contributed by atoms with E-state index in [1.165, 1.54) is 11.3 Å². The summed E-state index contributed by atoms with van der Waals surface area (Å²) >= 11 is 1.53. The molecule has 2 aromatic heterocycles. The monoisotopic (exact) mass is 369 g/mol. The Morgan fingerprint density at radius 2 is 2.08 bits per heavy atom. The fraction of sp³-hybridized carbons (Fsp3) is 0.211. The van der Waals surface area contributed by atoms with E-state index >= 15 is 0 Å². The van der Waals surface area contributed by atoms with Gasteiger partial charge < -0.3 is 15.1 Å². The van der Waals surface area contributed by atoms with Crippen LogP contribution in [-0.4, -0.2) is 23.3 Å². The van der Waals surface area contributed by atoms with Crippen molar-refractivity contribution in [3.05, 3.63) is 58.8 Å². The Balaban J connectivity index is 1.68. The van der Waals surface area contributed by atoms with Crippen molar-refractivity contribution in [1.82, 2.24) is 10.3 Å². The van der Waals surface area contributed by atoms with Crippen LogP contribution in [0.25, 0.3) is 10.8 Å². The number of benzene rings is 1. The second-order valence-corrected chi connectivity index (χ2v) is 6.61. The molecule has 0 saturated carbocycles. The summed E-state index contributed by atoms with van der Waals surface area (Å²) in [6, 6.07) is 10.7. The van der Waals surface area contributed by atoms with Gasteiger partial charge in [-0.05, 0) is 43.5 Å². The molecule has 2 N–H and O–H groups in total. The molecule has 7 heteroatoms. The van der Waals surface area contributed by atoms with Gasteiger partial charge in [-0.15, -0.1) is 11.3 Å². The number of carbonyl (C=O) groups is 2. The van der Waals surface area contributed by atoms with E-state index in [-0.39, 0.29) is 18.2 Å². The molecule has 3 aromatic rings. The van der Waals surface area contributed by atoms with Crippen molar-refractivity contribution in [2.24, 2.45) is 0 Å². The normalized spacial score (nSPS) is 10.5. The molecule has 3 rings (SSSR count). The Labute approximate surface area is 155 Å². The van der Waals surface area contributed by atoms with Crippen molar-refractivity contribution in [1.29, 1.82) is 0 Å². The predicted molar refractivity (Wildman–Crippen MR) is 101 cm³/mol. The highest BCUT2D eigenvalue weighted by Crippen LogP contribution is 2.26. The summed E-state index contributed by atoms with van der Waals surface area (Å²) in [6.07, 6.45) is 0.103. The summed E-state index contributed by atoms with van der Waals surface area (Å²) in [4.78, 5) is 29.6. The van der Waals surface area contributed by atoms with Gasteiger partial charge in [-0.25, -0.2) is 4.98 Å². The number of aromatic nitrogens is 1. The molecule has 2 amide bonds. The summed E-state index contributed by atoms with van der Waals surface area (Å²) in [5.74, 6) is 0.766. The molecule has 0 spiro atoms. The number of oxazole rings is 1. The number of nitrogens with zero attached hydrogens (tertiary/aromatic N) is 1. The second-order valence-electron chi connectivity index (χ2n) is 5.66. The maximum Gasteiger partial charge on any atom is 0.251 e. The summed E-state index contributed by atoms with van der Waals surface area (Å²) < 4.78 is 5.65. The number of carbonyl (C=O) groups excluding carboxylic acids is 2. The highest BCUT2D eigenvalue weighted by atomic mass is 32.1. The van der Waals surface area contributed by atoms with Crippen LogP contribution < -0.4 is 10.6 Å². The van der Waals surface area contributed by atoms with E-state index in [9.17, 15) is 9.59 Å². The third-order valence-corrected chi connectivity index (χ3v) is 4.56. The van der Waals surface area contributed by atoms with E-state index in [1.807, 2.05) is 24.4 Å². The fourth-order valence-electron chi connectivity index (χ4n) is 2.46. The summed E-state index contributed by atoms with van der Waals surface area (Å²) in [7, 11) is 0. The van der Waals surface area contributed by atoms with Gasteiger partial charge in [0.05, 0.1) is 17.0 Å². The number of aryl methyl sites for hydroxylation is 1. The van der Waals surface area contributed by atoms with Gasteiger partial charge in [-0.3, -0.25) is 9.59 Å². The van der Waals surface area contributed by atoms with Crippen LogP contribution in [0.3, 0.4) is 0 Å². The lowest BCUT2D eigenvalue weighted by Gasteiger charge is -2.07. The number of amides is 2. The standard InChI is InChI=1S/C19H19N3O3S/c1-3-20-18(24)13-6-4-7-14(10-13)21-17(23)11-15-12(2)25-19(22-15)16-8-5-9-26-16/h4-10H,3,11H2,1-2H3,(H,20,24)(H,21,23). The van der Waals surface area contributed by atoms with Crippen LogP contribution in [0.1, 0.15) is 28.7 Å². The third-order valence-electron chi connectivity index (χ3n) is 3.70. The van der Waals surface area contributed by atoms with Crippen molar-refractivity contribution >= 4 is 28.8 Å². The Kier molecular flexibility index (Phi) is 5.48. The minimum atomic E-state index is -0.216. The molecule has 0 bridgehead atoms. The molecule has 0 aliphatic heterocycles. The van der Waals surface area contributed by atoms with Crippen LogP contribution in [0.2, 0.25) is 0 Å². The number of hydrogen-bond donors (Lipinski definition) is 2. The molecule has 0 atom stereocenters. The third kappa shape index (κ3) is 4.18. The molecule has 2 heterocycles. The van der Waals surface area contributed by atoms with Crippen LogP contribution >= 0.6 is 11.3 Å². The maximum atomic E-state index is 12.3. The maximum absolute atomic E-state index is 12.3. The fourth-order valence-corrected chi connectivity index (χ4v) is 3.10. The first kappa shape index (κ1) is 17.9. The van der Waals surface area contributed by atoms with Gasteiger partial charge in [0, 0.05) is 17.8 Å². The predicted octanol–water partition coefficient (Wildman–Crippen LogP) is 3.64. The molecule has 0 unspecified atom stereocenters. The first-order chi connectivity index (χ1) is 12.6. The van der Waals surface area contributed by atoms with Crippen molar-refractivity contribution in [2.75, 3.05) is 11.9 Å². The Bertz CT molecular complexity index is 916. The number of rotatable bonds is 6. The van der Waals surface area contributed by atoms with Gasteiger partial charge >= 0.3 is 0 Å². The Hall–Kier alpha value is -2.93. The average Bonchev–Trinajstić information content (AvgIpc) is 3.26. The first-order valence-corrected chi connectivity index (χ1v) is 9.13. The number of thiophene rings is 1. The molecule has 134 valence electrons. The highest BCUT2D eigenvalue weighted by molar-refractivity contribution is 7.13. The van der Waals surface area contributed by atoms with Crippen LogP contribution in [0, 0.1) is 6.92 Å². The van der Waals surface area contributed by atoms with E-state index in [2.05, 4.69) is 15.6 Å². The zero-order valence-electron chi connectivity index (χ0n) is 14.5. The van der Waals surface area contributed by atoms with Crippen molar-refractivity contribution in [3.63, 3.8) is 0 Å². The minimum Gasteiger partial charge on any atom is -0.440 e. The van der Waals surface area contributed by atoms with Crippen molar-refractivity contribution in [3.8, 4) is 10.8 Å². The van der Waals surface area contributed by atoms with Crippen LogP contribution in [0.5, 0.6) is 0 Å². The number of anilines is 1. The van der Waals surface area contributed by atoms with Crippen molar-refractivity contribution < 1.29 is 14.0 Å². The Morgan fingerprint density at radius 3 is 2.81 bits per heavy atom. The summed E-state index contributed by atoms with van der Waals surface area (Å²) in [6.45, 7) is 4.20. The molecular formula is C19H19N3O3S. The lowest BCUT2D eigenvalue weighted by Crippen LogP contribution is -2.23. The van der Waals surface area contributed by atoms with Crippen LogP contribution in [0.4, 0.5) is 5.69 Å². The number of nitrogens with one attached hydrogen (secondary N) is 2. The second kappa shape index (κ2) is 7.97. The molecule has 0 saturated heterocycles. The smallest absolute Gasteiger partial charge is 0.251 e. The van der Waals surface area contributed by atoms with Crippen LogP contribution in [0.15, 0.2) is 46.2 Å². The summed E-state index contributed by atoms with van der Waals surface area (Å²) in [5, 5.41) is 7.48. The van der Waals surface area contributed by atoms with Crippen LogP contribution in [-0.2, 0) is 11.2 Å². The quantitative estimate of drug-likeness (QED) is 0.695. The van der Waals surface area contributed by atoms with Gasteiger partial charge in [0.1, 0.15) is 5.76 Å². The average molecular weight is 369 g/mol.